The number of nitrogens with zero attached hydrogens (tertiary/aromatic N) is 1. The van der Waals surface area contributed by atoms with Crippen molar-refractivity contribution < 1.29 is 23.8 Å². The predicted octanol–water partition coefficient (Wildman–Crippen LogP) is 2.67. The second-order valence-electron chi connectivity index (χ2n) is 4.14. The maximum Gasteiger partial charge on any atom is 0.427 e. The minimum atomic E-state index is -0.672. The van der Waals surface area contributed by atoms with Crippen LogP contribution in [0.25, 0.3) is 0 Å². The summed E-state index contributed by atoms with van der Waals surface area (Å²) >= 11 is 1.29. The molecule has 0 bridgehead atoms. The SMILES string of the molecule is COC(=O)NN=Cc1ccc(OC(=O)c2cccs2)c(OC)c1. The molecule has 0 spiro atoms. The first-order valence-electron chi connectivity index (χ1n) is 6.44. The van der Waals surface area contributed by atoms with Crippen molar-refractivity contribution in [1.82, 2.24) is 5.43 Å². The maximum atomic E-state index is 12.0. The Morgan fingerprint density at radius 3 is 2.70 bits per heavy atom. The Kier molecular flexibility index (Phi) is 5.70. The van der Waals surface area contributed by atoms with Gasteiger partial charge in [0.15, 0.2) is 11.5 Å². The summed E-state index contributed by atoms with van der Waals surface area (Å²) in [5.41, 5.74) is 2.81. The average Bonchev–Trinajstić information content (AvgIpc) is 3.10. The first-order chi connectivity index (χ1) is 11.1. The molecule has 0 aliphatic rings. The van der Waals surface area contributed by atoms with Crippen LogP contribution in [0.5, 0.6) is 11.5 Å². The van der Waals surface area contributed by atoms with E-state index in [1.165, 1.54) is 31.8 Å². The number of hydrogen-bond acceptors (Lipinski definition) is 7. The first kappa shape index (κ1) is 16.5. The molecule has 1 N–H and O–H groups in total. The molecule has 2 rings (SSSR count). The largest absolute Gasteiger partial charge is 0.493 e. The van der Waals surface area contributed by atoms with Gasteiger partial charge in [0.2, 0.25) is 0 Å². The minimum absolute atomic E-state index is 0.295. The van der Waals surface area contributed by atoms with E-state index in [9.17, 15) is 9.59 Å². The molecule has 1 aromatic carbocycles. The Labute approximate surface area is 136 Å². The van der Waals surface area contributed by atoms with Crippen LogP contribution >= 0.6 is 11.3 Å². The molecule has 23 heavy (non-hydrogen) atoms. The zero-order chi connectivity index (χ0) is 16.7. The second kappa shape index (κ2) is 7.95. The van der Waals surface area contributed by atoms with Gasteiger partial charge in [0.05, 0.1) is 20.4 Å². The van der Waals surface area contributed by atoms with Gasteiger partial charge in [0, 0.05) is 0 Å². The molecule has 0 saturated heterocycles. The molecule has 8 heteroatoms. The van der Waals surface area contributed by atoms with Crippen LogP contribution in [0.4, 0.5) is 4.79 Å². The van der Waals surface area contributed by atoms with Crippen LogP contribution in [0.3, 0.4) is 0 Å². The van der Waals surface area contributed by atoms with Crippen LogP contribution in [0, 0.1) is 0 Å². The van der Waals surface area contributed by atoms with Crippen molar-refractivity contribution in [3.05, 3.63) is 46.2 Å². The Bertz CT molecular complexity index is 713. The Balaban J connectivity index is 2.10. The molecule has 120 valence electrons. The maximum absolute atomic E-state index is 12.0. The summed E-state index contributed by atoms with van der Waals surface area (Å²) in [6.07, 6.45) is 0.735. The number of hydrogen-bond donors (Lipinski definition) is 1. The van der Waals surface area contributed by atoms with E-state index >= 15 is 0 Å². The zero-order valence-electron chi connectivity index (χ0n) is 12.4. The lowest BCUT2D eigenvalue weighted by atomic mass is 10.2. The van der Waals surface area contributed by atoms with Crippen LogP contribution in [0.1, 0.15) is 15.2 Å². The highest BCUT2D eigenvalue weighted by atomic mass is 32.1. The third-order valence-corrected chi connectivity index (χ3v) is 3.52. The molecular formula is C15H14N2O5S. The summed E-state index contributed by atoms with van der Waals surface area (Å²) in [6.45, 7) is 0. The monoisotopic (exact) mass is 334 g/mol. The Morgan fingerprint density at radius 1 is 1.22 bits per heavy atom. The number of amides is 1. The van der Waals surface area contributed by atoms with Crippen LogP contribution in [-0.2, 0) is 4.74 Å². The minimum Gasteiger partial charge on any atom is -0.493 e. The van der Waals surface area contributed by atoms with Crippen LogP contribution in [-0.4, -0.2) is 32.5 Å². The fourth-order valence-electron chi connectivity index (χ4n) is 1.60. The molecule has 0 aliphatic carbocycles. The summed E-state index contributed by atoms with van der Waals surface area (Å²) in [7, 11) is 2.70. The van der Waals surface area contributed by atoms with Crippen molar-refractivity contribution in [3.63, 3.8) is 0 Å². The Hall–Kier alpha value is -2.87. The van der Waals surface area contributed by atoms with Crippen LogP contribution < -0.4 is 14.9 Å². The number of carbonyl (C=O) groups excluding carboxylic acids is 2. The lowest BCUT2D eigenvalue weighted by Gasteiger charge is -2.09. The van der Waals surface area contributed by atoms with E-state index < -0.39 is 12.1 Å². The lowest BCUT2D eigenvalue weighted by molar-refractivity contribution is 0.0734. The summed E-state index contributed by atoms with van der Waals surface area (Å²) in [4.78, 5) is 23.3. The molecule has 0 atom stereocenters. The van der Waals surface area contributed by atoms with Gasteiger partial charge >= 0.3 is 12.1 Å². The van der Waals surface area contributed by atoms with E-state index in [0.29, 0.717) is 21.9 Å². The first-order valence-corrected chi connectivity index (χ1v) is 7.32. The normalized spacial score (nSPS) is 10.3. The van der Waals surface area contributed by atoms with Crippen molar-refractivity contribution in [2.24, 2.45) is 5.10 Å². The Morgan fingerprint density at radius 2 is 2.04 bits per heavy atom. The number of esters is 1. The zero-order valence-corrected chi connectivity index (χ0v) is 13.3. The van der Waals surface area contributed by atoms with Crippen LogP contribution in [0.15, 0.2) is 40.8 Å². The molecule has 0 saturated carbocycles. The van der Waals surface area contributed by atoms with Gasteiger partial charge in [-0.3, -0.25) is 0 Å². The highest BCUT2D eigenvalue weighted by Gasteiger charge is 2.13. The van der Waals surface area contributed by atoms with E-state index in [2.05, 4.69) is 15.3 Å². The highest BCUT2D eigenvalue weighted by Crippen LogP contribution is 2.28. The number of benzene rings is 1. The van der Waals surface area contributed by atoms with Gasteiger partial charge in [-0.1, -0.05) is 6.07 Å². The van der Waals surface area contributed by atoms with Gasteiger partial charge < -0.3 is 14.2 Å². The topological polar surface area (TPSA) is 86.2 Å². The smallest absolute Gasteiger partial charge is 0.427 e. The summed E-state index contributed by atoms with van der Waals surface area (Å²) in [6, 6.07) is 8.33. The standard InChI is InChI=1S/C15H14N2O5S/c1-20-12-8-10(9-16-17-15(19)21-2)5-6-11(12)22-14(18)13-4-3-7-23-13/h3-9H,1-2H3,(H,17,19). The number of carbonyl (C=O) groups is 2. The van der Waals surface area contributed by atoms with E-state index in [0.717, 1.165) is 0 Å². The lowest BCUT2D eigenvalue weighted by Crippen LogP contribution is -2.16. The third-order valence-electron chi connectivity index (χ3n) is 2.67. The molecule has 1 aromatic heterocycles. The van der Waals surface area contributed by atoms with Gasteiger partial charge in [0.25, 0.3) is 0 Å². The quantitative estimate of drug-likeness (QED) is 0.393. The molecular weight excluding hydrogens is 320 g/mol. The van der Waals surface area contributed by atoms with Crippen molar-refractivity contribution in [2.45, 2.75) is 0 Å². The van der Waals surface area contributed by atoms with Gasteiger partial charge in [-0.15, -0.1) is 11.3 Å². The van der Waals surface area contributed by atoms with Gasteiger partial charge in [-0.05, 0) is 35.2 Å². The van der Waals surface area contributed by atoms with E-state index in [-0.39, 0.29) is 0 Å². The molecule has 0 aliphatic heterocycles. The number of rotatable bonds is 5. The number of nitrogens with one attached hydrogen (secondary N) is 1. The van der Waals surface area contributed by atoms with Crippen molar-refractivity contribution >= 4 is 29.6 Å². The van der Waals surface area contributed by atoms with Gasteiger partial charge in [-0.2, -0.15) is 5.10 Å². The predicted molar refractivity (Wildman–Crippen MR) is 85.4 cm³/mol. The van der Waals surface area contributed by atoms with E-state index in [1.807, 2.05) is 0 Å². The third kappa shape index (κ3) is 4.55. The van der Waals surface area contributed by atoms with Crippen LogP contribution in [0.2, 0.25) is 0 Å². The molecule has 7 nitrogen and oxygen atoms in total. The van der Waals surface area contributed by atoms with Crippen molar-refractivity contribution in [1.29, 1.82) is 0 Å². The fourth-order valence-corrected chi connectivity index (χ4v) is 2.20. The fraction of sp³-hybridized carbons (Fsp3) is 0.133. The second-order valence-corrected chi connectivity index (χ2v) is 5.09. The van der Waals surface area contributed by atoms with Gasteiger partial charge in [0.1, 0.15) is 4.88 Å². The summed E-state index contributed by atoms with van der Waals surface area (Å²) in [5.74, 6) is 0.216. The summed E-state index contributed by atoms with van der Waals surface area (Å²) in [5, 5.41) is 5.50. The van der Waals surface area contributed by atoms with E-state index in [4.69, 9.17) is 9.47 Å². The molecule has 0 fully saturated rings. The number of hydrazone groups is 1. The molecule has 1 heterocycles. The highest BCUT2D eigenvalue weighted by molar-refractivity contribution is 7.12. The number of ether oxygens (including phenoxy) is 3. The van der Waals surface area contributed by atoms with Gasteiger partial charge in [-0.25, -0.2) is 15.0 Å². The molecule has 1 amide bonds. The number of thiophene rings is 1. The van der Waals surface area contributed by atoms with E-state index in [1.54, 1.807) is 35.7 Å². The van der Waals surface area contributed by atoms with Crippen molar-refractivity contribution in [3.8, 4) is 11.5 Å². The molecule has 2 aromatic rings. The molecule has 0 unspecified atom stereocenters. The average molecular weight is 334 g/mol. The molecule has 0 radical (unpaired) electrons. The summed E-state index contributed by atoms with van der Waals surface area (Å²) < 4.78 is 14.9. The number of methoxy groups -OCH3 is 2. The van der Waals surface area contributed by atoms with Crippen molar-refractivity contribution in [2.75, 3.05) is 14.2 Å².